The van der Waals surface area contributed by atoms with E-state index in [2.05, 4.69) is 15.3 Å². The van der Waals surface area contributed by atoms with Crippen LogP contribution in [0.4, 0.5) is 26.7 Å². The van der Waals surface area contributed by atoms with Gasteiger partial charge in [0.2, 0.25) is 0 Å². The van der Waals surface area contributed by atoms with E-state index in [4.69, 9.17) is 12.2 Å². The van der Waals surface area contributed by atoms with Crippen LogP contribution in [0.2, 0.25) is 0 Å². The van der Waals surface area contributed by atoms with Crippen LogP contribution in [0, 0.1) is 11.6 Å². The van der Waals surface area contributed by atoms with E-state index in [-0.39, 0.29) is 41.7 Å². The van der Waals surface area contributed by atoms with Crippen molar-refractivity contribution in [3.8, 4) is 0 Å². The first-order valence-electron chi connectivity index (χ1n) is 12.9. The van der Waals surface area contributed by atoms with Crippen molar-refractivity contribution in [1.29, 1.82) is 0 Å². The number of aromatic amines is 1. The normalized spacial score (nSPS) is 21.1. The molecule has 8 nitrogen and oxygen atoms in total. The number of likely N-dealkylation sites (tertiary alicyclic amines) is 2. The van der Waals surface area contributed by atoms with E-state index in [9.17, 15) is 31.5 Å². The number of carbonyl (C=O) groups is 1. The number of pyridine rings is 1. The molecule has 14 heteroatoms. The molecule has 214 valence electrons. The third kappa shape index (κ3) is 5.81. The molecule has 5 rings (SSSR count). The van der Waals surface area contributed by atoms with Gasteiger partial charge in [-0.3, -0.25) is 9.55 Å². The van der Waals surface area contributed by atoms with Crippen LogP contribution in [0.1, 0.15) is 43.2 Å². The first-order valence-corrected chi connectivity index (χ1v) is 13.3. The predicted molar refractivity (Wildman–Crippen MR) is 141 cm³/mol. The maximum absolute atomic E-state index is 14.5. The van der Waals surface area contributed by atoms with Crippen LogP contribution < -0.4 is 11.0 Å². The van der Waals surface area contributed by atoms with Crippen LogP contribution in [0.3, 0.4) is 0 Å². The number of fused-ring (bicyclic) bond motifs is 1. The number of carbonyl (C=O) groups excluding carboxylic acids is 1. The minimum atomic E-state index is -4.59. The second kappa shape index (κ2) is 11.1. The smallest absolute Gasteiger partial charge is 0.355 e. The first kappa shape index (κ1) is 28.0. The Balaban J connectivity index is 1.28. The van der Waals surface area contributed by atoms with E-state index in [0.717, 1.165) is 11.0 Å². The summed E-state index contributed by atoms with van der Waals surface area (Å²) >= 11 is 5.39. The van der Waals surface area contributed by atoms with E-state index in [0.29, 0.717) is 37.1 Å². The van der Waals surface area contributed by atoms with Crippen LogP contribution in [0.15, 0.2) is 41.3 Å². The quantitative estimate of drug-likeness (QED) is 0.350. The maximum Gasteiger partial charge on any atom is 0.405 e. The number of hydrogen-bond acceptors (Lipinski definition) is 4. The summed E-state index contributed by atoms with van der Waals surface area (Å²) < 4.78 is 70.3. The van der Waals surface area contributed by atoms with E-state index >= 15 is 0 Å². The van der Waals surface area contributed by atoms with Crippen molar-refractivity contribution in [2.75, 3.05) is 26.2 Å². The summed E-state index contributed by atoms with van der Waals surface area (Å²) in [5.74, 6) is -2.93. The summed E-state index contributed by atoms with van der Waals surface area (Å²) in [6.45, 7) is -0.993. The molecular weight excluding hydrogens is 555 g/mol. The summed E-state index contributed by atoms with van der Waals surface area (Å²) in [5.41, 5.74) is 0.851. The number of piperidine rings is 1. The summed E-state index contributed by atoms with van der Waals surface area (Å²) in [4.78, 5) is 34.9. The highest BCUT2D eigenvalue weighted by atomic mass is 32.1. The number of thiocarbonyl (C=S) groups is 1. The van der Waals surface area contributed by atoms with Crippen molar-refractivity contribution in [3.63, 3.8) is 0 Å². The zero-order chi connectivity index (χ0) is 28.6. The van der Waals surface area contributed by atoms with E-state index in [1.807, 2.05) is 0 Å². The van der Waals surface area contributed by atoms with Crippen molar-refractivity contribution >= 4 is 34.4 Å². The SMILES string of the molecule is O=C(NC1CCC(c2cccc(F)c2F)CN(CC(F)(F)F)C1=S)N1CCC(n2c(=O)[nH]c3ncccc32)CC1. The van der Waals surface area contributed by atoms with Crippen molar-refractivity contribution < 1.29 is 26.7 Å². The molecule has 2 aliphatic rings. The summed E-state index contributed by atoms with van der Waals surface area (Å²) in [5, 5.41) is 2.77. The largest absolute Gasteiger partial charge is 0.405 e. The van der Waals surface area contributed by atoms with Gasteiger partial charge >= 0.3 is 17.9 Å². The molecule has 0 saturated carbocycles. The average molecular weight is 583 g/mol. The molecule has 2 amide bonds. The van der Waals surface area contributed by atoms with Gasteiger partial charge in [0.1, 0.15) is 11.5 Å². The molecule has 0 spiro atoms. The van der Waals surface area contributed by atoms with Crippen LogP contribution in [0.25, 0.3) is 11.2 Å². The number of urea groups is 1. The Hall–Kier alpha value is -3.55. The van der Waals surface area contributed by atoms with Gasteiger partial charge in [-0.05, 0) is 49.4 Å². The monoisotopic (exact) mass is 582 g/mol. The highest BCUT2D eigenvalue weighted by molar-refractivity contribution is 7.80. The third-order valence-corrected chi connectivity index (χ3v) is 8.09. The lowest BCUT2D eigenvalue weighted by Crippen LogP contribution is -2.53. The number of H-pyrrole nitrogens is 1. The van der Waals surface area contributed by atoms with E-state index in [1.165, 1.54) is 12.1 Å². The van der Waals surface area contributed by atoms with Gasteiger partial charge in [0, 0.05) is 37.8 Å². The summed E-state index contributed by atoms with van der Waals surface area (Å²) in [7, 11) is 0. The van der Waals surface area contributed by atoms with Crippen LogP contribution in [0.5, 0.6) is 0 Å². The number of alkyl halides is 3. The molecule has 2 N–H and O–H groups in total. The second-order valence-electron chi connectivity index (χ2n) is 10.1. The highest BCUT2D eigenvalue weighted by Gasteiger charge is 2.38. The fourth-order valence-corrected chi connectivity index (χ4v) is 5.95. The minimum Gasteiger partial charge on any atom is -0.355 e. The Kier molecular flexibility index (Phi) is 7.80. The number of benzene rings is 1. The molecule has 2 fully saturated rings. The number of halogens is 5. The first-order chi connectivity index (χ1) is 19.0. The number of nitrogens with zero attached hydrogens (tertiary/aromatic N) is 4. The lowest BCUT2D eigenvalue weighted by molar-refractivity contribution is -0.138. The Bertz CT molecular complexity index is 1470. The lowest BCUT2D eigenvalue weighted by Gasteiger charge is -2.34. The molecule has 2 atom stereocenters. The molecule has 1 aromatic carbocycles. The van der Waals surface area contributed by atoms with Crippen molar-refractivity contribution in [1.82, 2.24) is 29.7 Å². The van der Waals surface area contributed by atoms with Gasteiger partial charge in [-0.1, -0.05) is 24.4 Å². The van der Waals surface area contributed by atoms with Crippen molar-refractivity contribution in [2.45, 2.75) is 49.9 Å². The molecule has 0 bridgehead atoms. The topological polar surface area (TPSA) is 86.3 Å². The van der Waals surface area contributed by atoms with Crippen molar-refractivity contribution in [3.05, 3.63) is 64.2 Å². The fourth-order valence-electron chi connectivity index (χ4n) is 5.63. The molecule has 2 saturated heterocycles. The van der Waals surface area contributed by atoms with Gasteiger partial charge in [0.15, 0.2) is 17.3 Å². The molecule has 4 heterocycles. The van der Waals surface area contributed by atoms with Crippen LogP contribution >= 0.6 is 12.2 Å². The number of hydrogen-bond donors (Lipinski definition) is 2. The maximum atomic E-state index is 14.5. The Morgan fingerprint density at radius 2 is 1.85 bits per heavy atom. The molecular formula is C26H27F5N6O2S. The van der Waals surface area contributed by atoms with Crippen LogP contribution in [-0.2, 0) is 0 Å². The van der Waals surface area contributed by atoms with Gasteiger partial charge in [-0.25, -0.2) is 23.4 Å². The van der Waals surface area contributed by atoms with Crippen molar-refractivity contribution in [2.24, 2.45) is 0 Å². The molecule has 3 aromatic rings. The predicted octanol–water partition coefficient (Wildman–Crippen LogP) is 4.49. The molecule has 0 aliphatic carbocycles. The lowest BCUT2D eigenvalue weighted by atomic mass is 9.93. The van der Waals surface area contributed by atoms with E-state index in [1.54, 1.807) is 27.8 Å². The number of aromatic nitrogens is 3. The fraction of sp³-hybridized carbons (Fsp3) is 0.462. The Labute approximate surface area is 231 Å². The Morgan fingerprint density at radius 3 is 2.58 bits per heavy atom. The molecule has 2 unspecified atom stereocenters. The molecule has 0 radical (unpaired) electrons. The van der Waals surface area contributed by atoms with E-state index < -0.39 is 42.3 Å². The number of rotatable bonds is 4. The molecule has 40 heavy (non-hydrogen) atoms. The second-order valence-corrected chi connectivity index (χ2v) is 10.6. The molecule has 2 aliphatic heterocycles. The van der Waals surface area contributed by atoms with Gasteiger partial charge in [-0.2, -0.15) is 13.2 Å². The third-order valence-electron chi connectivity index (χ3n) is 7.55. The average Bonchev–Trinajstić information content (AvgIpc) is 3.18. The summed E-state index contributed by atoms with van der Waals surface area (Å²) in [6.07, 6.45) is -1.67. The van der Waals surface area contributed by atoms with Gasteiger partial charge in [0.25, 0.3) is 0 Å². The number of nitrogens with one attached hydrogen (secondary N) is 2. The van der Waals surface area contributed by atoms with Gasteiger partial charge in [0.05, 0.1) is 11.6 Å². The van der Waals surface area contributed by atoms with Crippen LogP contribution in [-0.4, -0.2) is 73.8 Å². The summed E-state index contributed by atoms with van der Waals surface area (Å²) in [6, 6.07) is 5.61. The van der Waals surface area contributed by atoms with Gasteiger partial charge in [-0.15, -0.1) is 0 Å². The number of amides is 2. The zero-order valence-corrected chi connectivity index (χ0v) is 22.1. The Morgan fingerprint density at radius 1 is 1.10 bits per heavy atom. The highest BCUT2D eigenvalue weighted by Crippen LogP contribution is 2.32. The molecule has 2 aromatic heterocycles. The minimum absolute atomic E-state index is 0.0215. The standard InChI is InChI=1S/C26H27F5N6O2S/c27-18-4-1-3-17(21(18)28)15-6-7-19(23(40)36(13-15)14-26(29,30)31)33-24(38)35-11-8-16(9-12-35)37-20-5-2-10-32-22(20)34-25(37)39/h1-5,10,15-16,19H,6-9,11-14H2,(H,33,38)(H,32,34,39). The number of imidazole rings is 1. The zero-order valence-electron chi connectivity index (χ0n) is 21.3. The van der Waals surface area contributed by atoms with Gasteiger partial charge < -0.3 is 15.1 Å².